The fraction of sp³-hybridized carbons (Fsp3) is 0.500. The van der Waals surface area contributed by atoms with Crippen LogP contribution in [0.15, 0.2) is 23.4 Å². The third-order valence-corrected chi connectivity index (χ3v) is 3.22. The lowest BCUT2D eigenvalue weighted by Gasteiger charge is -2.02. The van der Waals surface area contributed by atoms with Gasteiger partial charge < -0.3 is 5.32 Å². The first-order valence-electron chi connectivity index (χ1n) is 4.78. The van der Waals surface area contributed by atoms with E-state index < -0.39 is 0 Å². The molecule has 0 amide bonds. The minimum atomic E-state index is 0.751. The van der Waals surface area contributed by atoms with Crippen LogP contribution >= 0.6 is 23.4 Å². The predicted octanol–water partition coefficient (Wildman–Crippen LogP) is 2.83. The second-order valence-electron chi connectivity index (χ2n) is 2.85. The van der Waals surface area contributed by atoms with E-state index in [1.54, 1.807) is 18.0 Å². The number of hydrogen-bond acceptors (Lipinski definition) is 3. The molecule has 0 fully saturated rings. The van der Waals surface area contributed by atoms with Crippen LogP contribution in [0.1, 0.15) is 13.3 Å². The Kier molecular flexibility index (Phi) is 5.99. The summed E-state index contributed by atoms with van der Waals surface area (Å²) in [6, 6.07) is 3.73. The summed E-state index contributed by atoms with van der Waals surface area (Å²) in [5.74, 6) is 1.06. The molecule has 1 heterocycles. The number of nitrogens with one attached hydrogen (secondary N) is 1. The molecule has 0 aliphatic carbocycles. The Morgan fingerprint density at radius 2 is 2.43 bits per heavy atom. The molecule has 0 unspecified atom stereocenters. The molecule has 0 bridgehead atoms. The maximum atomic E-state index is 5.97. The van der Waals surface area contributed by atoms with Gasteiger partial charge in [0.25, 0.3) is 0 Å². The molecule has 0 atom stereocenters. The Morgan fingerprint density at radius 1 is 1.57 bits per heavy atom. The monoisotopic (exact) mass is 230 g/mol. The van der Waals surface area contributed by atoms with E-state index in [-0.39, 0.29) is 0 Å². The molecule has 0 spiro atoms. The molecular weight excluding hydrogens is 216 g/mol. The van der Waals surface area contributed by atoms with Gasteiger partial charge in [0, 0.05) is 11.9 Å². The van der Waals surface area contributed by atoms with Gasteiger partial charge >= 0.3 is 0 Å². The minimum Gasteiger partial charge on any atom is -0.317 e. The molecule has 14 heavy (non-hydrogen) atoms. The third-order valence-electron chi connectivity index (χ3n) is 1.71. The van der Waals surface area contributed by atoms with Crippen LogP contribution in [0.3, 0.4) is 0 Å². The van der Waals surface area contributed by atoms with Crippen molar-refractivity contribution in [1.82, 2.24) is 10.3 Å². The van der Waals surface area contributed by atoms with Gasteiger partial charge in [-0.1, -0.05) is 18.5 Å². The van der Waals surface area contributed by atoms with Crippen LogP contribution in [0.2, 0.25) is 5.02 Å². The Hall–Kier alpha value is -0.250. The van der Waals surface area contributed by atoms with Gasteiger partial charge in [0.1, 0.15) is 5.03 Å². The number of thioether (sulfide) groups is 1. The first-order chi connectivity index (χ1) is 6.84. The Balaban J connectivity index is 2.21. The molecule has 1 aromatic heterocycles. The van der Waals surface area contributed by atoms with Crippen LogP contribution in [0.4, 0.5) is 0 Å². The van der Waals surface area contributed by atoms with Gasteiger partial charge in [-0.05, 0) is 31.6 Å². The maximum absolute atomic E-state index is 5.97. The van der Waals surface area contributed by atoms with E-state index in [0.717, 1.165) is 35.3 Å². The zero-order valence-corrected chi connectivity index (χ0v) is 9.87. The summed E-state index contributed by atoms with van der Waals surface area (Å²) in [6.45, 7) is 4.21. The smallest absolute Gasteiger partial charge is 0.115 e. The van der Waals surface area contributed by atoms with Crippen LogP contribution < -0.4 is 5.32 Å². The zero-order valence-electron chi connectivity index (χ0n) is 8.29. The van der Waals surface area contributed by atoms with Crippen LogP contribution in [0, 0.1) is 0 Å². The zero-order chi connectivity index (χ0) is 10.2. The first-order valence-corrected chi connectivity index (χ1v) is 6.15. The van der Waals surface area contributed by atoms with Gasteiger partial charge in [-0.2, -0.15) is 0 Å². The van der Waals surface area contributed by atoms with Crippen molar-refractivity contribution in [3.8, 4) is 0 Å². The summed E-state index contributed by atoms with van der Waals surface area (Å²) in [6.07, 6.45) is 2.92. The summed E-state index contributed by atoms with van der Waals surface area (Å²) in [5, 5.41) is 4.97. The number of aromatic nitrogens is 1. The van der Waals surface area contributed by atoms with Crippen molar-refractivity contribution < 1.29 is 0 Å². The van der Waals surface area contributed by atoms with E-state index in [0.29, 0.717) is 0 Å². The summed E-state index contributed by atoms with van der Waals surface area (Å²) in [5.41, 5.74) is 0. The summed E-state index contributed by atoms with van der Waals surface area (Å²) in [4.78, 5) is 4.21. The number of hydrogen-bond donors (Lipinski definition) is 1. The molecule has 0 aromatic carbocycles. The predicted molar refractivity (Wildman–Crippen MR) is 63.1 cm³/mol. The highest BCUT2D eigenvalue weighted by molar-refractivity contribution is 7.99. The molecular formula is C10H15ClN2S. The molecule has 0 saturated heterocycles. The third kappa shape index (κ3) is 4.31. The summed E-state index contributed by atoms with van der Waals surface area (Å²) < 4.78 is 0. The number of nitrogens with zero attached hydrogens (tertiary/aromatic N) is 1. The molecule has 1 aromatic rings. The first kappa shape index (κ1) is 11.8. The standard InChI is InChI=1S/C10H15ClN2S/c1-2-12-6-4-8-14-10-9(11)5-3-7-13-10/h3,5,7,12H,2,4,6,8H2,1H3. The molecule has 0 saturated carbocycles. The number of rotatable bonds is 6. The van der Waals surface area contributed by atoms with Crippen molar-refractivity contribution in [3.05, 3.63) is 23.4 Å². The topological polar surface area (TPSA) is 24.9 Å². The van der Waals surface area contributed by atoms with Crippen LogP contribution in [-0.4, -0.2) is 23.8 Å². The van der Waals surface area contributed by atoms with Crippen LogP contribution in [0.25, 0.3) is 0 Å². The lowest BCUT2D eigenvalue weighted by Crippen LogP contribution is -2.14. The van der Waals surface area contributed by atoms with Crippen molar-refractivity contribution in [2.45, 2.75) is 18.4 Å². The van der Waals surface area contributed by atoms with Crippen molar-refractivity contribution in [2.24, 2.45) is 0 Å². The summed E-state index contributed by atoms with van der Waals surface area (Å²) in [7, 11) is 0. The van der Waals surface area contributed by atoms with Gasteiger partial charge in [-0.3, -0.25) is 0 Å². The van der Waals surface area contributed by atoms with E-state index in [4.69, 9.17) is 11.6 Å². The van der Waals surface area contributed by atoms with E-state index in [1.165, 1.54) is 0 Å². The Bertz CT molecular complexity index is 268. The van der Waals surface area contributed by atoms with Crippen molar-refractivity contribution in [2.75, 3.05) is 18.8 Å². The fourth-order valence-electron chi connectivity index (χ4n) is 1.02. The quantitative estimate of drug-likeness (QED) is 0.601. The SMILES string of the molecule is CCNCCCSc1ncccc1Cl. The highest BCUT2D eigenvalue weighted by Crippen LogP contribution is 2.24. The average Bonchev–Trinajstić information content (AvgIpc) is 2.20. The lowest BCUT2D eigenvalue weighted by atomic mass is 10.5. The second kappa shape index (κ2) is 7.10. The van der Waals surface area contributed by atoms with Crippen LogP contribution in [0.5, 0.6) is 0 Å². The molecule has 4 heteroatoms. The van der Waals surface area contributed by atoms with Gasteiger partial charge in [0.05, 0.1) is 5.02 Å². The van der Waals surface area contributed by atoms with E-state index >= 15 is 0 Å². The molecule has 78 valence electrons. The van der Waals surface area contributed by atoms with Gasteiger partial charge in [-0.25, -0.2) is 4.98 Å². The highest BCUT2D eigenvalue weighted by atomic mass is 35.5. The minimum absolute atomic E-state index is 0.751. The van der Waals surface area contributed by atoms with E-state index in [9.17, 15) is 0 Å². The van der Waals surface area contributed by atoms with E-state index in [1.807, 2.05) is 12.1 Å². The molecule has 0 aliphatic rings. The second-order valence-corrected chi connectivity index (χ2v) is 4.34. The number of pyridine rings is 1. The molecule has 2 nitrogen and oxygen atoms in total. The Labute approximate surface area is 94.5 Å². The Morgan fingerprint density at radius 3 is 3.14 bits per heavy atom. The molecule has 1 rings (SSSR count). The average molecular weight is 231 g/mol. The summed E-state index contributed by atoms with van der Waals surface area (Å²) >= 11 is 7.68. The van der Waals surface area contributed by atoms with Crippen molar-refractivity contribution >= 4 is 23.4 Å². The largest absolute Gasteiger partial charge is 0.317 e. The van der Waals surface area contributed by atoms with Gasteiger partial charge in [-0.15, -0.1) is 11.8 Å². The van der Waals surface area contributed by atoms with Gasteiger partial charge in [0.15, 0.2) is 0 Å². The molecule has 0 aliphatic heterocycles. The van der Waals surface area contributed by atoms with E-state index in [2.05, 4.69) is 17.2 Å². The van der Waals surface area contributed by atoms with Crippen molar-refractivity contribution in [3.63, 3.8) is 0 Å². The lowest BCUT2D eigenvalue weighted by molar-refractivity contribution is 0.707. The normalized spacial score (nSPS) is 10.4. The molecule has 0 radical (unpaired) electrons. The maximum Gasteiger partial charge on any atom is 0.115 e. The molecule has 1 N–H and O–H groups in total. The van der Waals surface area contributed by atoms with Crippen LogP contribution in [-0.2, 0) is 0 Å². The van der Waals surface area contributed by atoms with Gasteiger partial charge in [0.2, 0.25) is 0 Å². The number of halogens is 1. The van der Waals surface area contributed by atoms with Crippen molar-refractivity contribution in [1.29, 1.82) is 0 Å². The highest BCUT2D eigenvalue weighted by Gasteiger charge is 1.99. The fourth-order valence-corrected chi connectivity index (χ4v) is 2.13.